The average molecular weight is 231 g/mol. The molecule has 0 saturated carbocycles. The molecule has 0 bridgehead atoms. The lowest BCUT2D eigenvalue weighted by molar-refractivity contribution is -0.142. The van der Waals surface area contributed by atoms with E-state index in [0.717, 1.165) is 0 Å². The summed E-state index contributed by atoms with van der Waals surface area (Å²) in [6, 6.07) is -0.797. The summed E-state index contributed by atoms with van der Waals surface area (Å²) in [5.41, 5.74) is 0. The van der Waals surface area contributed by atoms with E-state index in [1.165, 1.54) is 0 Å². The third-order valence-corrected chi connectivity index (χ3v) is 2.02. The van der Waals surface area contributed by atoms with Crippen LogP contribution in [0, 0.1) is 5.92 Å². The van der Waals surface area contributed by atoms with Gasteiger partial charge >= 0.3 is 5.97 Å². The summed E-state index contributed by atoms with van der Waals surface area (Å²) in [6.45, 7) is 6.57. The first-order chi connectivity index (χ1) is 7.47. The molecule has 0 fully saturated rings. The molecule has 0 aromatic rings. The molecule has 5 heteroatoms. The summed E-state index contributed by atoms with van der Waals surface area (Å²) in [4.78, 5) is 22.2. The first-order valence-electron chi connectivity index (χ1n) is 5.57. The number of carboxylic acid groups (broad SMARTS) is 1. The van der Waals surface area contributed by atoms with E-state index in [2.05, 4.69) is 5.32 Å². The molecule has 0 spiro atoms. The number of carboxylic acids is 1. The van der Waals surface area contributed by atoms with E-state index in [-0.39, 0.29) is 18.2 Å². The number of carbonyl (C=O) groups is 2. The molecule has 0 aliphatic rings. The first kappa shape index (κ1) is 14.9. The fourth-order valence-electron chi connectivity index (χ4n) is 1.27. The number of hydrogen-bond donors (Lipinski definition) is 2. The van der Waals surface area contributed by atoms with E-state index in [9.17, 15) is 9.59 Å². The van der Waals surface area contributed by atoms with Crippen LogP contribution >= 0.6 is 0 Å². The Morgan fingerprint density at radius 1 is 1.38 bits per heavy atom. The summed E-state index contributed by atoms with van der Waals surface area (Å²) >= 11 is 0. The van der Waals surface area contributed by atoms with Crippen LogP contribution in [0.4, 0.5) is 0 Å². The summed E-state index contributed by atoms with van der Waals surface area (Å²) in [5, 5.41) is 11.4. The van der Waals surface area contributed by atoms with Crippen molar-refractivity contribution in [1.29, 1.82) is 0 Å². The van der Waals surface area contributed by atoms with Gasteiger partial charge in [-0.2, -0.15) is 0 Å². The maximum absolute atomic E-state index is 11.4. The second-order valence-corrected chi connectivity index (χ2v) is 4.03. The van der Waals surface area contributed by atoms with Crippen molar-refractivity contribution in [2.24, 2.45) is 5.92 Å². The molecule has 0 aliphatic carbocycles. The van der Waals surface area contributed by atoms with Crippen molar-refractivity contribution in [2.45, 2.75) is 39.7 Å². The van der Waals surface area contributed by atoms with Gasteiger partial charge in [0.2, 0.25) is 5.91 Å². The van der Waals surface area contributed by atoms with Gasteiger partial charge in [0.15, 0.2) is 0 Å². The maximum atomic E-state index is 11.4. The van der Waals surface area contributed by atoms with Crippen molar-refractivity contribution in [2.75, 3.05) is 13.2 Å². The van der Waals surface area contributed by atoms with Gasteiger partial charge < -0.3 is 15.2 Å². The van der Waals surface area contributed by atoms with E-state index in [0.29, 0.717) is 19.6 Å². The van der Waals surface area contributed by atoms with Gasteiger partial charge in [0.1, 0.15) is 6.04 Å². The normalized spacial score (nSPS) is 12.5. The largest absolute Gasteiger partial charge is 0.480 e. The minimum Gasteiger partial charge on any atom is -0.480 e. The van der Waals surface area contributed by atoms with Crippen molar-refractivity contribution in [3.05, 3.63) is 0 Å². The molecule has 0 radical (unpaired) electrons. The Hall–Kier alpha value is -1.10. The Morgan fingerprint density at radius 2 is 2.00 bits per heavy atom. The summed E-state index contributed by atoms with van der Waals surface area (Å²) < 4.78 is 5.02. The molecule has 0 saturated heterocycles. The SMILES string of the molecule is CCOCCC(=O)N[C@@H](CC(C)C)C(=O)O. The van der Waals surface area contributed by atoms with Gasteiger partial charge in [0, 0.05) is 13.0 Å². The minimum absolute atomic E-state index is 0.204. The minimum atomic E-state index is -0.988. The van der Waals surface area contributed by atoms with E-state index >= 15 is 0 Å². The van der Waals surface area contributed by atoms with Crippen molar-refractivity contribution < 1.29 is 19.4 Å². The predicted molar refractivity (Wildman–Crippen MR) is 60.1 cm³/mol. The highest BCUT2D eigenvalue weighted by molar-refractivity contribution is 5.83. The maximum Gasteiger partial charge on any atom is 0.326 e. The summed E-state index contributed by atoms with van der Waals surface area (Å²) in [7, 11) is 0. The van der Waals surface area contributed by atoms with Gasteiger partial charge in [-0.15, -0.1) is 0 Å². The van der Waals surface area contributed by atoms with Gasteiger partial charge in [0.25, 0.3) is 0 Å². The lowest BCUT2D eigenvalue weighted by Gasteiger charge is -2.16. The number of hydrogen-bond acceptors (Lipinski definition) is 3. The van der Waals surface area contributed by atoms with E-state index in [1.807, 2.05) is 20.8 Å². The molecule has 5 nitrogen and oxygen atoms in total. The second kappa shape index (κ2) is 8.10. The molecule has 0 aliphatic heterocycles. The van der Waals surface area contributed by atoms with Crippen LogP contribution in [-0.2, 0) is 14.3 Å². The molecule has 0 aromatic carbocycles. The van der Waals surface area contributed by atoms with Crippen LogP contribution in [0.3, 0.4) is 0 Å². The Morgan fingerprint density at radius 3 is 2.44 bits per heavy atom. The molecular formula is C11H21NO4. The van der Waals surface area contributed by atoms with Crippen LogP contribution in [0.2, 0.25) is 0 Å². The topological polar surface area (TPSA) is 75.6 Å². The fraction of sp³-hybridized carbons (Fsp3) is 0.818. The summed E-state index contributed by atoms with van der Waals surface area (Å²) in [6.07, 6.45) is 0.644. The third-order valence-electron chi connectivity index (χ3n) is 2.02. The van der Waals surface area contributed by atoms with Crippen LogP contribution in [0.15, 0.2) is 0 Å². The Bertz CT molecular complexity index is 228. The zero-order valence-corrected chi connectivity index (χ0v) is 10.2. The molecule has 1 amide bonds. The highest BCUT2D eigenvalue weighted by Crippen LogP contribution is 2.05. The molecule has 0 rings (SSSR count). The molecule has 0 heterocycles. The van der Waals surface area contributed by atoms with Crippen molar-refractivity contribution in [3.8, 4) is 0 Å². The third kappa shape index (κ3) is 7.23. The quantitative estimate of drug-likeness (QED) is 0.612. The van der Waals surface area contributed by atoms with Crippen LogP contribution in [0.25, 0.3) is 0 Å². The highest BCUT2D eigenvalue weighted by Gasteiger charge is 2.20. The molecule has 16 heavy (non-hydrogen) atoms. The van der Waals surface area contributed by atoms with Gasteiger partial charge in [-0.25, -0.2) is 4.79 Å². The number of rotatable bonds is 8. The first-order valence-corrected chi connectivity index (χ1v) is 5.57. The Labute approximate surface area is 96.2 Å². The average Bonchev–Trinajstić information content (AvgIpc) is 2.16. The number of amides is 1. The zero-order valence-electron chi connectivity index (χ0n) is 10.2. The Balaban J connectivity index is 3.98. The van der Waals surface area contributed by atoms with Gasteiger partial charge in [-0.1, -0.05) is 13.8 Å². The van der Waals surface area contributed by atoms with Crippen LogP contribution in [-0.4, -0.2) is 36.2 Å². The second-order valence-electron chi connectivity index (χ2n) is 4.03. The van der Waals surface area contributed by atoms with Gasteiger partial charge in [-0.05, 0) is 19.3 Å². The van der Waals surface area contributed by atoms with Crippen LogP contribution in [0.5, 0.6) is 0 Å². The van der Waals surface area contributed by atoms with Crippen molar-refractivity contribution >= 4 is 11.9 Å². The Kier molecular flexibility index (Phi) is 7.54. The lowest BCUT2D eigenvalue weighted by Crippen LogP contribution is -2.41. The van der Waals surface area contributed by atoms with E-state index in [1.54, 1.807) is 0 Å². The van der Waals surface area contributed by atoms with Crippen LogP contribution < -0.4 is 5.32 Å². The molecule has 94 valence electrons. The van der Waals surface area contributed by atoms with Gasteiger partial charge in [-0.3, -0.25) is 4.79 Å². The van der Waals surface area contributed by atoms with E-state index in [4.69, 9.17) is 9.84 Å². The number of nitrogens with one attached hydrogen (secondary N) is 1. The monoisotopic (exact) mass is 231 g/mol. The number of aliphatic carboxylic acids is 1. The molecule has 0 unspecified atom stereocenters. The standard InChI is InChI=1S/C11H21NO4/c1-4-16-6-5-10(13)12-9(11(14)15)7-8(2)3/h8-9H,4-7H2,1-3H3,(H,12,13)(H,14,15)/t9-/m0/s1. The molecule has 1 atom stereocenters. The summed E-state index contributed by atoms with van der Waals surface area (Å²) in [5.74, 6) is -1.03. The van der Waals surface area contributed by atoms with Gasteiger partial charge in [0.05, 0.1) is 6.61 Å². The highest BCUT2D eigenvalue weighted by atomic mass is 16.5. The lowest BCUT2D eigenvalue weighted by atomic mass is 10.0. The van der Waals surface area contributed by atoms with E-state index < -0.39 is 12.0 Å². The molecular weight excluding hydrogens is 210 g/mol. The zero-order chi connectivity index (χ0) is 12.6. The smallest absolute Gasteiger partial charge is 0.326 e. The van der Waals surface area contributed by atoms with Crippen LogP contribution in [0.1, 0.15) is 33.6 Å². The fourth-order valence-corrected chi connectivity index (χ4v) is 1.27. The van der Waals surface area contributed by atoms with Crippen molar-refractivity contribution in [3.63, 3.8) is 0 Å². The molecule has 0 aromatic heterocycles. The number of carbonyl (C=O) groups excluding carboxylic acids is 1. The predicted octanol–water partition coefficient (Wildman–Crippen LogP) is 1.03. The van der Waals surface area contributed by atoms with Crippen molar-refractivity contribution in [1.82, 2.24) is 5.32 Å². The number of ether oxygens (including phenoxy) is 1. The molecule has 2 N–H and O–H groups in total.